The van der Waals surface area contributed by atoms with Gasteiger partial charge in [-0.3, -0.25) is 0 Å². The lowest BCUT2D eigenvalue weighted by atomic mass is 9.80. The fourth-order valence-corrected chi connectivity index (χ4v) is 5.85. The first-order valence-corrected chi connectivity index (χ1v) is 12.2. The molecule has 2 heterocycles. The SMILES string of the molecule is CCN(CC)CCCN(C(=S)NC1CC(C)(C)NC(C)(C)C1)C1CCN(C)CC1. The Kier molecular flexibility index (Phi) is 9.20. The number of thiocarbonyl (C=S) groups is 1. The lowest BCUT2D eigenvalue weighted by Gasteiger charge is -2.48. The molecule has 6 heteroatoms. The lowest BCUT2D eigenvalue weighted by Crippen LogP contribution is -2.63. The molecular weight excluding hydrogens is 378 g/mol. The number of hydrogen-bond acceptors (Lipinski definition) is 4. The van der Waals surface area contributed by atoms with Gasteiger partial charge in [0.05, 0.1) is 0 Å². The van der Waals surface area contributed by atoms with Crippen LogP contribution in [0, 0.1) is 0 Å². The van der Waals surface area contributed by atoms with Crippen LogP contribution in [0.2, 0.25) is 0 Å². The van der Waals surface area contributed by atoms with Crippen molar-refractivity contribution in [1.82, 2.24) is 25.3 Å². The van der Waals surface area contributed by atoms with E-state index < -0.39 is 0 Å². The quantitative estimate of drug-likeness (QED) is 0.581. The van der Waals surface area contributed by atoms with Crippen LogP contribution in [0.1, 0.15) is 73.6 Å². The van der Waals surface area contributed by atoms with Gasteiger partial charge >= 0.3 is 0 Å². The average molecular weight is 426 g/mol. The summed E-state index contributed by atoms with van der Waals surface area (Å²) in [6.07, 6.45) is 5.83. The summed E-state index contributed by atoms with van der Waals surface area (Å²) in [6, 6.07) is 1.01. The second-order valence-corrected chi connectivity index (χ2v) is 10.9. The fourth-order valence-electron chi connectivity index (χ4n) is 5.44. The van der Waals surface area contributed by atoms with Crippen molar-refractivity contribution in [3.05, 3.63) is 0 Å². The van der Waals surface area contributed by atoms with E-state index in [1.54, 1.807) is 0 Å². The van der Waals surface area contributed by atoms with E-state index in [4.69, 9.17) is 12.2 Å². The van der Waals surface area contributed by atoms with Gasteiger partial charge in [0.2, 0.25) is 0 Å². The van der Waals surface area contributed by atoms with Crippen molar-refractivity contribution in [2.45, 2.75) is 96.8 Å². The second-order valence-electron chi connectivity index (χ2n) is 10.6. The van der Waals surface area contributed by atoms with Crippen LogP contribution in [0.25, 0.3) is 0 Å². The minimum atomic E-state index is 0.135. The van der Waals surface area contributed by atoms with Crippen LogP contribution in [-0.4, -0.2) is 89.3 Å². The summed E-state index contributed by atoms with van der Waals surface area (Å²) in [5.41, 5.74) is 0.270. The minimum absolute atomic E-state index is 0.135. The van der Waals surface area contributed by atoms with Crippen LogP contribution in [-0.2, 0) is 0 Å². The van der Waals surface area contributed by atoms with E-state index in [9.17, 15) is 0 Å². The molecule has 0 unspecified atom stereocenters. The Morgan fingerprint density at radius 3 is 2.10 bits per heavy atom. The van der Waals surface area contributed by atoms with E-state index in [1.807, 2.05) is 0 Å². The number of hydrogen-bond donors (Lipinski definition) is 2. The summed E-state index contributed by atoms with van der Waals surface area (Å²) in [6.45, 7) is 20.6. The lowest BCUT2D eigenvalue weighted by molar-refractivity contribution is 0.145. The number of likely N-dealkylation sites (tertiary alicyclic amines) is 1. The molecule has 2 aliphatic heterocycles. The average Bonchev–Trinajstić information content (AvgIpc) is 2.60. The normalized spacial score (nSPS) is 23.3. The van der Waals surface area contributed by atoms with Crippen molar-refractivity contribution < 1.29 is 0 Å². The van der Waals surface area contributed by atoms with Crippen LogP contribution in [0.3, 0.4) is 0 Å². The number of piperidine rings is 2. The van der Waals surface area contributed by atoms with Gasteiger partial charge in [-0.1, -0.05) is 13.8 Å². The van der Waals surface area contributed by atoms with Crippen molar-refractivity contribution in [2.75, 3.05) is 46.3 Å². The molecule has 0 saturated carbocycles. The van der Waals surface area contributed by atoms with E-state index >= 15 is 0 Å². The third kappa shape index (κ3) is 7.97. The molecule has 2 saturated heterocycles. The molecular formula is C23H47N5S. The standard InChI is InChI=1S/C23H47N5S/c1-8-27(9-2)13-10-14-28(20-11-15-26(7)16-12-20)21(29)24-19-17-22(3,4)25-23(5,6)18-19/h19-20,25H,8-18H2,1-7H3,(H,24,29). The largest absolute Gasteiger partial charge is 0.360 e. The van der Waals surface area contributed by atoms with Gasteiger partial charge in [-0.05, 0) is 112 Å². The Morgan fingerprint density at radius 2 is 1.59 bits per heavy atom. The summed E-state index contributed by atoms with van der Waals surface area (Å²) in [7, 11) is 2.23. The van der Waals surface area contributed by atoms with Crippen LogP contribution < -0.4 is 10.6 Å². The highest BCUT2D eigenvalue weighted by Gasteiger charge is 2.38. The van der Waals surface area contributed by atoms with Crippen molar-refractivity contribution in [2.24, 2.45) is 0 Å². The molecule has 2 N–H and O–H groups in total. The maximum absolute atomic E-state index is 6.02. The predicted molar refractivity (Wildman–Crippen MR) is 130 cm³/mol. The van der Waals surface area contributed by atoms with Gasteiger partial charge in [0.1, 0.15) is 0 Å². The third-order valence-electron chi connectivity index (χ3n) is 6.68. The van der Waals surface area contributed by atoms with Gasteiger partial charge in [0.25, 0.3) is 0 Å². The van der Waals surface area contributed by atoms with Gasteiger partial charge in [-0.15, -0.1) is 0 Å². The minimum Gasteiger partial charge on any atom is -0.360 e. The molecule has 2 fully saturated rings. The van der Waals surface area contributed by atoms with Crippen LogP contribution >= 0.6 is 12.2 Å². The molecule has 0 aliphatic carbocycles. The second kappa shape index (κ2) is 10.7. The molecule has 0 amide bonds. The summed E-state index contributed by atoms with van der Waals surface area (Å²) in [5, 5.41) is 8.56. The summed E-state index contributed by atoms with van der Waals surface area (Å²) in [4.78, 5) is 7.49. The number of nitrogens with one attached hydrogen (secondary N) is 2. The number of nitrogens with zero attached hydrogens (tertiary/aromatic N) is 3. The first kappa shape index (κ1) is 24.8. The van der Waals surface area contributed by atoms with Crippen LogP contribution in [0.4, 0.5) is 0 Å². The van der Waals surface area contributed by atoms with E-state index in [0.717, 1.165) is 44.1 Å². The van der Waals surface area contributed by atoms with Crippen LogP contribution in [0.5, 0.6) is 0 Å². The van der Waals surface area contributed by atoms with Gasteiger partial charge in [-0.2, -0.15) is 0 Å². The van der Waals surface area contributed by atoms with Crippen molar-refractivity contribution in [3.63, 3.8) is 0 Å². The highest BCUT2D eigenvalue weighted by molar-refractivity contribution is 7.80. The molecule has 170 valence electrons. The maximum Gasteiger partial charge on any atom is 0.169 e. The topological polar surface area (TPSA) is 33.8 Å². The molecule has 0 aromatic heterocycles. The zero-order valence-corrected chi connectivity index (χ0v) is 21.0. The zero-order chi connectivity index (χ0) is 21.7. The smallest absolute Gasteiger partial charge is 0.169 e. The monoisotopic (exact) mass is 425 g/mol. The van der Waals surface area contributed by atoms with E-state index in [1.165, 1.54) is 32.4 Å². The van der Waals surface area contributed by atoms with E-state index in [0.29, 0.717) is 12.1 Å². The first-order valence-electron chi connectivity index (χ1n) is 11.8. The molecule has 0 bridgehead atoms. The van der Waals surface area contributed by atoms with E-state index in [-0.39, 0.29) is 11.1 Å². The maximum atomic E-state index is 6.02. The summed E-state index contributed by atoms with van der Waals surface area (Å²) < 4.78 is 0. The zero-order valence-electron chi connectivity index (χ0n) is 20.2. The Balaban J connectivity index is 2.01. The third-order valence-corrected chi connectivity index (χ3v) is 7.03. The Morgan fingerprint density at radius 1 is 1.03 bits per heavy atom. The highest BCUT2D eigenvalue weighted by atomic mass is 32.1. The Hall–Kier alpha value is -0.430. The van der Waals surface area contributed by atoms with Gasteiger partial charge < -0.3 is 25.3 Å². The predicted octanol–water partition coefficient (Wildman–Crippen LogP) is 3.30. The molecule has 0 atom stereocenters. The van der Waals surface area contributed by atoms with Crippen molar-refractivity contribution in [3.8, 4) is 0 Å². The van der Waals surface area contributed by atoms with Crippen LogP contribution in [0.15, 0.2) is 0 Å². The number of rotatable bonds is 8. The highest BCUT2D eigenvalue weighted by Crippen LogP contribution is 2.29. The molecule has 0 aromatic carbocycles. The van der Waals surface area contributed by atoms with Crippen molar-refractivity contribution >= 4 is 17.3 Å². The first-order chi connectivity index (χ1) is 13.5. The van der Waals surface area contributed by atoms with Gasteiger partial charge in [0.15, 0.2) is 5.11 Å². The molecule has 0 spiro atoms. The Labute approximate surface area is 185 Å². The van der Waals surface area contributed by atoms with Crippen molar-refractivity contribution in [1.29, 1.82) is 0 Å². The fraction of sp³-hybridized carbons (Fsp3) is 0.957. The Bertz CT molecular complexity index is 493. The van der Waals surface area contributed by atoms with Gasteiger partial charge in [-0.25, -0.2) is 0 Å². The van der Waals surface area contributed by atoms with Gasteiger partial charge in [0, 0.05) is 29.7 Å². The van der Waals surface area contributed by atoms with E-state index in [2.05, 4.69) is 73.9 Å². The molecule has 0 radical (unpaired) electrons. The molecule has 0 aromatic rings. The summed E-state index contributed by atoms with van der Waals surface area (Å²) in [5.74, 6) is 0. The molecule has 29 heavy (non-hydrogen) atoms. The summed E-state index contributed by atoms with van der Waals surface area (Å²) >= 11 is 6.02. The molecule has 5 nitrogen and oxygen atoms in total. The molecule has 2 rings (SSSR count). The molecule has 2 aliphatic rings.